The maximum Gasteiger partial charge on any atom is 0.0836 e. The molecule has 0 saturated carbocycles. The molecule has 0 aliphatic heterocycles. The fourth-order valence-electron chi connectivity index (χ4n) is 1.13. The second-order valence-electron chi connectivity index (χ2n) is 5.34. The SMILES string of the molecule is C.C.CC[N+](C)(C)CCC[N+](C)(C)C.[Cl-].[Cl-]. The van der Waals surface area contributed by atoms with Gasteiger partial charge in [-0.2, -0.15) is 0 Å². The first kappa shape index (κ1) is 30.0. The Morgan fingerprint density at radius 2 is 1.12 bits per heavy atom. The minimum Gasteiger partial charge on any atom is -1.00 e. The van der Waals surface area contributed by atoms with Crippen LogP contribution in [0.2, 0.25) is 0 Å². The number of rotatable bonds is 5. The quantitative estimate of drug-likeness (QED) is 0.457. The molecule has 0 aliphatic carbocycles. The highest BCUT2D eigenvalue weighted by Crippen LogP contribution is 2.01. The highest BCUT2D eigenvalue weighted by atomic mass is 35.5. The molecule has 0 aromatic heterocycles. The van der Waals surface area contributed by atoms with Crippen molar-refractivity contribution in [1.82, 2.24) is 0 Å². The molecule has 0 N–H and O–H groups in total. The molecule has 0 amide bonds. The van der Waals surface area contributed by atoms with Crippen molar-refractivity contribution in [2.75, 3.05) is 54.9 Å². The molecule has 0 unspecified atom stereocenters. The van der Waals surface area contributed by atoms with Gasteiger partial charge in [0.25, 0.3) is 0 Å². The molecule has 16 heavy (non-hydrogen) atoms. The van der Waals surface area contributed by atoms with Crippen LogP contribution in [-0.4, -0.2) is 63.8 Å². The highest BCUT2D eigenvalue weighted by molar-refractivity contribution is 4.35. The van der Waals surface area contributed by atoms with E-state index in [2.05, 4.69) is 42.2 Å². The van der Waals surface area contributed by atoms with Gasteiger partial charge in [-0.15, -0.1) is 0 Å². The van der Waals surface area contributed by atoms with Gasteiger partial charge in [-0.3, -0.25) is 0 Å². The van der Waals surface area contributed by atoms with E-state index in [1.54, 1.807) is 0 Å². The Hall–Kier alpha value is 0.500. The fourth-order valence-corrected chi connectivity index (χ4v) is 1.13. The number of quaternary nitrogens is 2. The normalized spacial score (nSPS) is 10.1. The van der Waals surface area contributed by atoms with Crippen molar-refractivity contribution in [2.24, 2.45) is 0 Å². The molecule has 0 saturated heterocycles. The molecule has 0 heterocycles. The minimum absolute atomic E-state index is 0. The van der Waals surface area contributed by atoms with Crippen molar-refractivity contribution < 1.29 is 33.8 Å². The van der Waals surface area contributed by atoms with Crippen molar-refractivity contribution in [3.8, 4) is 0 Å². The maximum atomic E-state index is 2.30. The molecule has 0 atom stereocenters. The van der Waals surface area contributed by atoms with Crippen LogP contribution in [0.25, 0.3) is 0 Å². The number of halogens is 2. The third-order valence-electron chi connectivity index (χ3n) is 2.45. The van der Waals surface area contributed by atoms with Crippen LogP contribution in [0, 0.1) is 0 Å². The van der Waals surface area contributed by atoms with E-state index >= 15 is 0 Å². The molecule has 0 aromatic carbocycles. The summed E-state index contributed by atoms with van der Waals surface area (Å²) in [5.74, 6) is 0. The van der Waals surface area contributed by atoms with Crippen LogP contribution in [0.4, 0.5) is 0 Å². The Labute approximate surface area is 117 Å². The molecular formula is C12H34Cl2N2. The van der Waals surface area contributed by atoms with Gasteiger partial charge >= 0.3 is 0 Å². The van der Waals surface area contributed by atoms with E-state index in [0.29, 0.717) is 0 Å². The number of hydrogen-bond acceptors (Lipinski definition) is 0. The Balaban J connectivity index is -0.000000101. The molecule has 0 spiro atoms. The molecule has 0 rings (SSSR count). The largest absolute Gasteiger partial charge is 1.00 e. The zero-order valence-electron chi connectivity index (χ0n) is 10.5. The lowest BCUT2D eigenvalue weighted by Gasteiger charge is -2.30. The van der Waals surface area contributed by atoms with Gasteiger partial charge in [0, 0.05) is 6.42 Å². The fraction of sp³-hybridized carbons (Fsp3) is 1.00. The summed E-state index contributed by atoms with van der Waals surface area (Å²) in [5.41, 5.74) is 0. The van der Waals surface area contributed by atoms with Crippen LogP contribution >= 0.6 is 0 Å². The van der Waals surface area contributed by atoms with Crippen LogP contribution in [0.3, 0.4) is 0 Å². The van der Waals surface area contributed by atoms with Gasteiger partial charge < -0.3 is 33.8 Å². The van der Waals surface area contributed by atoms with Gasteiger partial charge in [0.1, 0.15) is 0 Å². The summed E-state index contributed by atoms with van der Waals surface area (Å²) in [7, 11) is 11.4. The monoisotopic (exact) mass is 276 g/mol. The zero-order chi connectivity index (χ0) is 9.83. The smallest absolute Gasteiger partial charge is 0.0836 e. The Morgan fingerprint density at radius 3 is 1.38 bits per heavy atom. The lowest BCUT2D eigenvalue weighted by Crippen LogP contribution is -3.00. The van der Waals surface area contributed by atoms with Crippen molar-refractivity contribution in [3.63, 3.8) is 0 Å². The summed E-state index contributed by atoms with van der Waals surface area (Å²) in [6, 6.07) is 0. The van der Waals surface area contributed by atoms with Crippen molar-refractivity contribution in [3.05, 3.63) is 0 Å². The summed E-state index contributed by atoms with van der Waals surface area (Å²) < 4.78 is 2.24. The van der Waals surface area contributed by atoms with E-state index in [4.69, 9.17) is 0 Å². The Kier molecular flexibility index (Phi) is 22.4. The second-order valence-corrected chi connectivity index (χ2v) is 5.34. The average Bonchev–Trinajstić information content (AvgIpc) is 1.84. The Bertz CT molecular complexity index is 131. The summed E-state index contributed by atoms with van der Waals surface area (Å²) in [6.07, 6.45) is 1.32. The van der Waals surface area contributed by atoms with Gasteiger partial charge in [0.05, 0.1) is 54.9 Å². The van der Waals surface area contributed by atoms with Crippen LogP contribution in [0.5, 0.6) is 0 Å². The summed E-state index contributed by atoms with van der Waals surface area (Å²) in [6.45, 7) is 6.07. The molecular weight excluding hydrogens is 243 g/mol. The van der Waals surface area contributed by atoms with Gasteiger partial charge in [0.15, 0.2) is 0 Å². The first-order valence-corrected chi connectivity index (χ1v) is 4.89. The molecule has 0 bridgehead atoms. The van der Waals surface area contributed by atoms with Gasteiger partial charge in [-0.05, 0) is 6.92 Å². The molecule has 2 nitrogen and oxygen atoms in total. The van der Waals surface area contributed by atoms with Gasteiger partial charge in [0.2, 0.25) is 0 Å². The lowest BCUT2D eigenvalue weighted by atomic mass is 10.3. The lowest BCUT2D eigenvalue weighted by molar-refractivity contribution is -0.900. The predicted octanol–water partition coefficient (Wildman–Crippen LogP) is -3.54. The second kappa shape index (κ2) is 12.0. The third kappa shape index (κ3) is 20.0. The number of hydrogen-bond donors (Lipinski definition) is 0. The predicted molar refractivity (Wildman–Crippen MR) is 68.5 cm³/mol. The van der Waals surface area contributed by atoms with Gasteiger partial charge in [-0.25, -0.2) is 0 Å². The molecule has 106 valence electrons. The zero-order valence-corrected chi connectivity index (χ0v) is 12.0. The van der Waals surface area contributed by atoms with Crippen LogP contribution in [0.1, 0.15) is 28.2 Å². The van der Waals surface area contributed by atoms with E-state index in [0.717, 1.165) is 8.97 Å². The van der Waals surface area contributed by atoms with E-state index in [1.807, 2.05) is 0 Å². The van der Waals surface area contributed by atoms with Crippen molar-refractivity contribution in [1.29, 1.82) is 0 Å². The number of nitrogens with zero attached hydrogens (tertiary/aromatic N) is 2. The van der Waals surface area contributed by atoms with E-state index in [1.165, 1.54) is 26.1 Å². The Morgan fingerprint density at radius 1 is 0.750 bits per heavy atom. The van der Waals surface area contributed by atoms with Crippen LogP contribution in [0.15, 0.2) is 0 Å². The van der Waals surface area contributed by atoms with Crippen LogP contribution < -0.4 is 24.8 Å². The van der Waals surface area contributed by atoms with E-state index in [-0.39, 0.29) is 39.7 Å². The first-order valence-electron chi connectivity index (χ1n) is 4.89. The third-order valence-corrected chi connectivity index (χ3v) is 2.45. The summed E-state index contributed by atoms with van der Waals surface area (Å²) in [5, 5.41) is 0. The van der Waals surface area contributed by atoms with E-state index in [9.17, 15) is 0 Å². The average molecular weight is 277 g/mol. The summed E-state index contributed by atoms with van der Waals surface area (Å²) in [4.78, 5) is 0. The highest BCUT2D eigenvalue weighted by Gasteiger charge is 2.14. The molecule has 0 aromatic rings. The van der Waals surface area contributed by atoms with Crippen LogP contribution in [-0.2, 0) is 0 Å². The van der Waals surface area contributed by atoms with E-state index < -0.39 is 0 Å². The van der Waals surface area contributed by atoms with Crippen molar-refractivity contribution in [2.45, 2.75) is 28.2 Å². The molecule has 0 radical (unpaired) electrons. The topological polar surface area (TPSA) is 0 Å². The maximum absolute atomic E-state index is 2.30. The summed E-state index contributed by atoms with van der Waals surface area (Å²) >= 11 is 0. The molecule has 4 heteroatoms. The molecule has 0 aliphatic rings. The first-order chi connectivity index (χ1) is 5.27. The van der Waals surface area contributed by atoms with Crippen molar-refractivity contribution >= 4 is 0 Å². The molecule has 0 fully saturated rings. The minimum atomic E-state index is 0. The van der Waals surface area contributed by atoms with Gasteiger partial charge in [-0.1, -0.05) is 14.9 Å². The standard InChI is InChI=1S/C10H26N2.2CH4.2ClH/c1-7-12(5,6)10-8-9-11(2,3)4;;;;/h7-10H2,1-6H3;2*1H4;2*1H/q+2;;;;/p-2.